The van der Waals surface area contributed by atoms with Crippen molar-refractivity contribution in [2.75, 3.05) is 52.3 Å². The van der Waals surface area contributed by atoms with Crippen molar-refractivity contribution in [3.8, 4) is 11.5 Å². The molecule has 1 aromatic heterocycles. The number of aryl methyl sites for hydroxylation is 1. The van der Waals surface area contributed by atoms with Gasteiger partial charge < -0.3 is 14.4 Å². The maximum absolute atomic E-state index is 13.4. The first-order valence-electron chi connectivity index (χ1n) is 12.8. The summed E-state index contributed by atoms with van der Waals surface area (Å²) >= 11 is 1.45. The van der Waals surface area contributed by atoms with E-state index in [1.165, 1.54) is 16.9 Å². The van der Waals surface area contributed by atoms with E-state index < -0.39 is 0 Å². The lowest BCUT2D eigenvalue weighted by Gasteiger charge is -2.35. The minimum atomic E-state index is -0.296. The largest absolute Gasteiger partial charge is 0.497 e. The number of amides is 2. The molecule has 2 heterocycles. The first kappa shape index (κ1) is 25.9. The lowest BCUT2D eigenvalue weighted by Crippen LogP contribution is -2.49. The molecule has 1 saturated heterocycles. The summed E-state index contributed by atoms with van der Waals surface area (Å²) in [6, 6.07) is 15.3. The number of anilines is 1. The Balaban J connectivity index is 1.17. The minimum absolute atomic E-state index is 0.143. The van der Waals surface area contributed by atoms with Crippen LogP contribution < -0.4 is 14.8 Å². The summed E-state index contributed by atoms with van der Waals surface area (Å²) in [5.74, 6) is 0.676. The topological polar surface area (TPSA) is 84.0 Å². The van der Waals surface area contributed by atoms with Gasteiger partial charge in [0.2, 0.25) is 5.91 Å². The summed E-state index contributed by atoms with van der Waals surface area (Å²) in [6.45, 7) is 4.02. The molecule has 0 radical (unpaired) electrons. The van der Waals surface area contributed by atoms with Crippen LogP contribution in [0.25, 0.3) is 6.08 Å². The van der Waals surface area contributed by atoms with Gasteiger partial charge in [-0.3, -0.25) is 19.8 Å². The Labute approximate surface area is 226 Å². The molecule has 1 aliphatic heterocycles. The maximum atomic E-state index is 13.4. The number of fused-ring (bicyclic) bond motifs is 1. The number of benzene rings is 2. The average Bonchev–Trinajstić information content (AvgIpc) is 3.53. The van der Waals surface area contributed by atoms with Crippen LogP contribution in [0, 0.1) is 0 Å². The Kier molecular flexibility index (Phi) is 8.05. The Hall–Kier alpha value is -3.69. The van der Waals surface area contributed by atoms with Gasteiger partial charge >= 0.3 is 0 Å². The molecule has 0 bridgehead atoms. The number of ether oxygens (including phenoxy) is 2. The molecule has 2 aromatic carbocycles. The van der Waals surface area contributed by atoms with E-state index in [2.05, 4.69) is 39.5 Å². The van der Waals surface area contributed by atoms with Crippen LogP contribution in [0.4, 0.5) is 5.13 Å². The smallest absolute Gasteiger partial charge is 0.257 e. The fourth-order valence-electron chi connectivity index (χ4n) is 4.90. The highest BCUT2D eigenvalue weighted by Gasteiger charge is 2.36. The summed E-state index contributed by atoms with van der Waals surface area (Å²) in [7, 11) is 3.09. The molecule has 1 N–H and O–H groups in total. The van der Waals surface area contributed by atoms with E-state index in [9.17, 15) is 9.59 Å². The highest BCUT2D eigenvalue weighted by atomic mass is 32.1. The number of nitrogens with zero attached hydrogens (tertiary/aromatic N) is 3. The van der Waals surface area contributed by atoms with Crippen molar-refractivity contribution in [2.45, 2.75) is 18.8 Å². The Morgan fingerprint density at radius 1 is 1.05 bits per heavy atom. The van der Waals surface area contributed by atoms with Gasteiger partial charge in [-0.25, -0.2) is 4.98 Å². The second-order valence-corrected chi connectivity index (χ2v) is 10.5. The predicted octanol–water partition coefficient (Wildman–Crippen LogP) is 4.30. The molecule has 1 atom stereocenters. The van der Waals surface area contributed by atoms with E-state index >= 15 is 0 Å². The zero-order valence-corrected chi connectivity index (χ0v) is 22.5. The van der Waals surface area contributed by atoms with Crippen LogP contribution >= 0.6 is 11.3 Å². The number of aromatic nitrogens is 1. The minimum Gasteiger partial charge on any atom is -0.497 e. The first-order chi connectivity index (χ1) is 18.5. The molecule has 9 heteroatoms. The number of hydrogen-bond acceptors (Lipinski definition) is 7. The number of piperazine rings is 1. The zero-order valence-electron chi connectivity index (χ0n) is 21.7. The third kappa shape index (κ3) is 5.89. The van der Waals surface area contributed by atoms with Crippen LogP contribution in [0.2, 0.25) is 0 Å². The molecule has 38 heavy (non-hydrogen) atoms. The van der Waals surface area contributed by atoms with Crippen molar-refractivity contribution < 1.29 is 19.1 Å². The lowest BCUT2D eigenvalue weighted by atomic mass is 10.1. The van der Waals surface area contributed by atoms with Crippen LogP contribution in [-0.4, -0.2) is 73.5 Å². The maximum Gasteiger partial charge on any atom is 0.257 e. The van der Waals surface area contributed by atoms with Gasteiger partial charge in [0.1, 0.15) is 11.5 Å². The molecule has 198 valence electrons. The summed E-state index contributed by atoms with van der Waals surface area (Å²) in [6.07, 6.45) is 5.90. The molecule has 0 spiro atoms. The van der Waals surface area contributed by atoms with Gasteiger partial charge in [-0.05, 0) is 30.5 Å². The van der Waals surface area contributed by atoms with Gasteiger partial charge in [0.15, 0.2) is 5.13 Å². The normalized spacial score (nSPS) is 17.4. The van der Waals surface area contributed by atoms with Crippen molar-refractivity contribution in [3.63, 3.8) is 0 Å². The second-order valence-electron chi connectivity index (χ2n) is 9.41. The predicted molar refractivity (Wildman–Crippen MR) is 149 cm³/mol. The molecule has 1 aliphatic carbocycles. The Morgan fingerprint density at radius 2 is 1.76 bits per heavy atom. The van der Waals surface area contributed by atoms with E-state index in [1.54, 1.807) is 32.4 Å². The van der Waals surface area contributed by atoms with Crippen molar-refractivity contribution in [1.82, 2.24) is 14.8 Å². The number of methoxy groups -OCH3 is 2. The molecule has 0 saturated carbocycles. The fraction of sp³-hybridized carbons (Fsp3) is 0.345. The zero-order chi connectivity index (χ0) is 26.5. The summed E-state index contributed by atoms with van der Waals surface area (Å²) in [5, 5.41) is 3.39. The van der Waals surface area contributed by atoms with Gasteiger partial charge in [-0.15, -0.1) is 11.3 Å². The van der Waals surface area contributed by atoms with Crippen LogP contribution in [-0.2, 0) is 11.2 Å². The van der Waals surface area contributed by atoms with Gasteiger partial charge in [-0.1, -0.05) is 42.5 Å². The molecule has 2 aliphatic rings. The van der Waals surface area contributed by atoms with Crippen molar-refractivity contribution in [1.29, 1.82) is 0 Å². The van der Waals surface area contributed by atoms with E-state index in [1.807, 2.05) is 23.1 Å². The highest BCUT2D eigenvalue weighted by molar-refractivity contribution is 7.16. The van der Waals surface area contributed by atoms with E-state index in [0.29, 0.717) is 22.2 Å². The monoisotopic (exact) mass is 532 g/mol. The van der Waals surface area contributed by atoms with Crippen molar-refractivity contribution in [3.05, 3.63) is 76.3 Å². The van der Waals surface area contributed by atoms with Gasteiger partial charge in [-0.2, -0.15) is 0 Å². The van der Waals surface area contributed by atoms with Crippen LogP contribution in [0.15, 0.2) is 54.6 Å². The molecular formula is C29H32N4O4S. The molecule has 3 aromatic rings. The molecule has 5 rings (SSSR count). The van der Waals surface area contributed by atoms with Crippen LogP contribution in [0.3, 0.4) is 0 Å². The summed E-state index contributed by atoms with van der Waals surface area (Å²) in [5.41, 5.74) is 2.42. The Morgan fingerprint density at radius 3 is 2.45 bits per heavy atom. The summed E-state index contributed by atoms with van der Waals surface area (Å²) < 4.78 is 10.5. The SMILES string of the molecule is COc1cc(OC)cc(C(=O)Nc2nc3c(s2)CCC3C(=O)N2CCN(C/C=C/c3ccccc3)CC2)c1. The third-order valence-corrected chi connectivity index (χ3v) is 8.05. The van der Waals surface area contributed by atoms with Crippen LogP contribution in [0.1, 0.15) is 38.8 Å². The number of carbonyl (C=O) groups excluding carboxylic acids is 2. The quantitative estimate of drug-likeness (QED) is 0.466. The number of thiazole rings is 1. The Bertz CT molecular complexity index is 1290. The standard InChI is InChI=1S/C29H32N4O4S/c1-36-22-17-21(18-23(19-22)37-2)27(34)31-29-30-26-24(10-11-25(26)38-29)28(35)33-15-13-32(14-16-33)12-6-9-20-7-4-3-5-8-20/h3-9,17-19,24H,10-16H2,1-2H3,(H,30,31,34)/b9-6+. The van der Waals surface area contributed by atoms with Crippen molar-refractivity contribution >= 4 is 34.4 Å². The first-order valence-corrected chi connectivity index (χ1v) is 13.6. The molecule has 1 unspecified atom stereocenters. The molecule has 2 amide bonds. The molecule has 1 fully saturated rings. The van der Waals surface area contributed by atoms with E-state index in [0.717, 1.165) is 56.1 Å². The fourth-order valence-corrected chi connectivity index (χ4v) is 5.94. The summed E-state index contributed by atoms with van der Waals surface area (Å²) in [4.78, 5) is 36.4. The lowest BCUT2D eigenvalue weighted by molar-refractivity contribution is -0.134. The molecule has 8 nitrogen and oxygen atoms in total. The third-order valence-electron chi connectivity index (χ3n) is 7.01. The molecular weight excluding hydrogens is 500 g/mol. The number of carbonyl (C=O) groups is 2. The highest BCUT2D eigenvalue weighted by Crippen LogP contribution is 2.39. The van der Waals surface area contributed by atoms with Gasteiger partial charge in [0.05, 0.1) is 25.8 Å². The number of rotatable bonds is 8. The average molecular weight is 533 g/mol. The van der Waals surface area contributed by atoms with E-state index in [-0.39, 0.29) is 17.7 Å². The van der Waals surface area contributed by atoms with Crippen molar-refractivity contribution in [2.24, 2.45) is 0 Å². The van der Waals surface area contributed by atoms with Gasteiger partial charge in [0.25, 0.3) is 5.91 Å². The van der Waals surface area contributed by atoms with Crippen LogP contribution in [0.5, 0.6) is 11.5 Å². The number of nitrogens with one attached hydrogen (secondary N) is 1. The van der Waals surface area contributed by atoms with Gasteiger partial charge in [0, 0.05) is 49.2 Å². The number of hydrogen-bond donors (Lipinski definition) is 1. The van der Waals surface area contributed by atoms with E-state index in [4.69, 9.17) is 9.47 Å². The second kappa shape index (κ2) is 11.8.